The largest absolute Gasteiger partial charge is 0.382 e. The zero-order valence-electron chi connectivity index (χ0n) is 9.76. The Labute approximate surface area is 98.0 Å². The van der Waals surface area contributed by atoms with Crippen LogP contribution in [-0.2, 0) is 4.74 Å². The third kappa shape index (κ3) is 12.5. The van der Waals surface area contributed by atoms with Gasteiger partial charge in [0, 0.05) is 13.2 Å². The van der Waals surface area contributed by atoms with Crippen LogP contribution in [-0.4, -0.2) is 29.5 Å². The quantitative estimate of drug-likeness (QED) is 0.374. The summed E-state index contributed by atoms with van der Waals surface area (Å²) in [5.74, 6) is 0. The zero-order chi connectivity index (χ0) is 10.5. The molecule has 0 aliphatic carbocycles. The van der Waals surface area contributed by atoms with Crippen molar-refractivity contribution in [3.63, 3.8) is 0 Å². The lowest BCUT2D eigenvalue weighted by molar-refractivity contribution is 0.143. The molecule has 0 saturated heterocycles. The molecule has 0 amide bonds. The van der Waals surface area contributed by atoms with Gasteiger partial charge >= 0.3 is 0 Å². The molecular formula is C12H25AlO. The number of rotatable bonds is 11. The van der Waals surface area contributed by atoms with Gasteiger partial charge in [0.15, 0.2) is 0 Å². The third-order valence-corrected chi connectivity index (χ3v) is 2.86. The molecule has 1 nitrogen and oxygen atoms in total. The van der Waals surface area contributed by atoms with Crippen molar-refractivity contribution in [2.24, 2.45) is 0 Å². The Hall–Kier alpha value is 0.492. The van der Waals surface area contributed by atoms with Gasteiger partial charge in [-0.1, -0.05) is 44.9 Å². The summed E-state index contributed by atoms with van der Waals surface area (Å²) in [7, 11) is 0. The molecular weight excluding hydrogens is 187 g/mol. The molecule has 0 bridgehead atoms. The molecule has 0 aromatic heterocycles. The smallest absolute Gasteiger partial charge is 0.118 e. The topological polar surface area (TPSA) is 9.23 Å². The molecule has 0 rings (SSSR count). The van der Waals surface area contributed by atoms with Crippen LogP contribution in [0, 0.1) is 0 Å². The van der Waals surface area contributed by atoms with Crippen molar-refractivity contribution in [1.82, 2.24) is 0 Å². The number of hydrogen-bond acceptors (Lipinski definition) is 1. The fraction of sp³-hybridized carbons (Fsp3) is 1.00. The number of unbranched alkanes of at least 4 members (excludes halogenated alkanes) is 7. The second kappa shape index (κ2) is 13.5. The first kappa shape index (κ1) is 14.5. The first-order valence-electron chi connectivity index (χ1n) is 6.19. The lowest BCUT2D eigenvalue weighted by atomic mass is 10.1. The lowest BCUT2D eigenvalue weighted by Crippen LogP contribution is -1.92. The maximum absolute atomic E-state index is 5.29. The minimum Gasteiger partial charge on any atom is -0.382 e. The highest BCUT2D eigenvalue weighted by Gasteiger charge is 1.91. The molecule has 0 unspecified atom stereocenters. The van der Waals surface area contributed by atoms with Gasteiger partial charge in [-0.2, -0.15) is 0 Å². The van der Waals surface area contributed by atoms with E-state index in [1.54, 1.807) is 0 Å². The van der Waals surface area contributed by atoms with Crippen molar-refractivity contribution in [2.75, 3.05) is 13.2 Å². The molecule has 0 N–H and O–H groups in total. The molecule has 0 fully saturated rings. The van der Waals surface area contributed by atoms with Crippen molar-refractivity contribution in [3.8, 4) is 0 Å². The van der Waals surface area contributed by atoms with E-state index in [0.717, 1.165) is 13.2 Å². The van der Waals surface area contributed by atoms with Crippen molar-refractivity contribution in [1.29, 1.82) is 0 Å². The molecule has 82 valence electrons. The summed E-state index contributed by atoms with van der Waals surface area (Å²) in [4.78, 5) is 0. The molecule has 0 atom stereocenters. The Morgan fingerprint density at radius 1 is 0.786 bits per heavy atom. The SMILES string of the molecule is CCOCCCCCCCCC[CH2][Al]. The fourth-order valence-electron chi connectivity index (χ4n) is 1.55. The van der Waals surface area contributed by atoms with Crippen LogP contribution >= 0.6 is 0 Å². The highest BCUT2D eigenvalue weighted by molar-refractivity contribution is 6.08. The van der Waals surface area contributed by atoms with Gasteiger partial charge in [-0.3, -0.25) is 0 Å². The average molecular weight is 212 g/mol. The molecule has 2 heteroatoms. The van der Waals surface area contributed by atoms with Gasteiger partial charge in [-0.05, 0) is 13.3 Å². The fourth-order valence-corrected chi connectivity index (χ4v) is 1.84. The minimum absolute atomic E-state index is 0.870. The second-order valence-corrected chi connectivity index (χ2v) is 4.39. The van der Waals surface area contributed by atoms with E-state index in [4.69, 9.17) is 4.74 Å². The van der Waals surface area contributed by atoms with E-state index in [9.17, 15) is 0 Å². The summed E-state index contributed by atoms with van der Waals surface area (Å²) in [5, 5.41) is 1.27. The Morgan fingerprint density at radius 3 is 1.79 bits per heavy atom. The van der Waals surface area contributed by atoms with Gasteiger partial charge in [-0.25, -0.2) is 0 Å². The van der Waals surface area contributed by atoms with Gasteiger partial charge in [0.25, 0.3) is 0 Å². The summed E-state index contributed by atoms with van der Waals surface area (Å²) in [5.41, 5.74) is 0. The molecule has 0 aromatic rings. The molecule has 0 aliphatic heterocycles. The van der Waals surface area contributed by atoms with Crippen LogP contribution in [0.5, 0.6) is 0 Å². The summed E-state index contributed by atoms with van der Waals surface area (Å²) >= 11 is 2.80. The molecule has 0 heterocycles. The Morgan fingerprint density at radius 2 is 1.29 bits per heavy atom. The van der Waals surface area contributed by atoms with E-state index in [1.807, 2.05) is 0 Å². The lowest BCUT2D eigenvalue weighted by Gasteiger charge is -2.02. The molecule has 0 spiro atoms. The molecule has 2 radical (unpaired) electrons. The Balaban J connectivity index is 2.78. The first-order chi connectivity index (χ1) is 6.91. The predicted molar refractivity (Wildman–Crippen MR) is 64.0 cm³/mol. The van der Waals surface area contributed by atoms with E-state index >= 15 is 0 Å². The van der Waals surface area contributed by atoms with Crippen LogP contribution in [0.4, 0.5) is 0 Å². The van der Waals surface area contributed by atoms with E-state index in [-0.39, 0.29) is 0 Å². The monoisotopic (exact) mass is 212 g/mol. The first-order valence-corrected chi connectivity index (χ1v) is 7.01. The van der Waals surface area contributed by atoms with Gasteiger partial charge in [-0.15, -0.1) is 5.28 Å². The minimum atomic E-state index is 0.870. The molecule has 0 saturated carbocycles. The van der Waals surface area contributed by atoms with Crippen molar-refractivity contribution < 1.29 is 4.74 Å². The normalized spacial score (nSPS) is 10.6. The van der Waals surface area contributed by atoms with Gasteiger partial charge in [0.2, 0.25) is 0 Å². The second-order valence-electron chi connectivity index (χ2n) is 3.81. The molecule has 0 aromatic carbocycles. The average Bonchev–Trinajstić information content (AvgIpc) is 2.21. The summed E-state index contributed by atoms with van der Waals surface area (Å²) in [6.07, 6.45) is 11.1. The molecule has 14 heavy (non-hydrogen) atoms. The summed E-state index contributed by atoms with van der Waals surface area (Å²) in [6, 6.07) is 0. The highest BCUT2D eigenvalue weighted by atomic mass is 27.0. The highest BCUT2D eigenvalue weighted by Crippen LogP contribution is 2.09. The third-order valence-electron chi connectivity index (χ3n) is 2.45. The van der Waals surface area contributed by atoms with Crippen molar-refractivity contribution in [3.05, 3.63) is 0 Å². The van der Waals surface area contributed by atoms with Crippen LogP contribution in [0.1, 0.15) is 58.3 Å². The number of ether oxygens (including phenoxy) is 1. The zero-order valence-corrected chi connectivity index (χ0v) is 10.9. The molecule has 0 aliphatic rings. The van der Waals surface area contributed by atoms with Crippen LogP contribution in [0.2, 0.25) is 5.28 Å². The summed E-state index contributed by atoms with van der Waals surface area (Å²) in [6.45, 7) is 3.89. The van der Waals surface area contributed by atoms with Gasteiger partial charge < -0.3 is 4.74 Å². The van der Waals surface area contributed by atoms with Crippen molar-refractivity contribution >= 4 is 16.3 Å². The van der Waals surface area contributed by atoms with E-state index in [0.29, 0.717) is 0 Å². The van der Waals surface area contributed by atoms with Crippen molar-refractivity contribution in [2.45, 2.75) is 63.6 Å². The summed E-state index contributed by atoms with van der Waals surface area (Å²) < 4.78 is 5.29. The van der Waals surface area contributed by atoms with E-state index in [1.165, 1.54) is 56.6 Å². The van der Waals surface area contributed by atoms with Crippen LogP contribution in [0.25, 0.3) is 0 Å². The van der Waals surface area contributed by atoms with Gasteiger partial charge in [0.1, 0.15) is 16.3 Å². The Bertz CT molecular complexity index is 84.3. The maximum atomic E-state index is 5.29. The number of hydrogen-bond donors (Lipinski definition) is 0. The Kier molecular flexibility index (Phi) is 14.0. The predicted octanol–water partition coefficient (Wildman–Crippen LogP) is 3.73. The van der Waals surface area contributed by atoms with Crippen LogP contribution in [0.15, 0.2) is 0 Å². The standard InChI is InChI=1S/C12H25O.Al/c1-3-5-6-7-8-9-10-11-12-13-4-2;/h1,3-12H2,2H3;. The van der Waals surface area contributed by atoms with Gasteiger partial charge in [0.05, 0.1) is 0 Å². The van der Waals surface area contributed by atoms with E-state index < -0.39 is 0 Å². The van der Waals surface area contributed by atoms with Crippen LogP contribution < -0.4 is 0 Å². The van der Waals surface area contributed by atoms with E-state index in [2.05, 4.69) is 23.2 Å². The maximum Gasteiger partial charge on any atom is 0.118 e. The van der Waals surface area contributed by atoms with Crippen LogP contribution in [0.3, 0.4) is 0 Å².